The Morgan fingerprint density at radius 2 is 1.78 bits per heavy atom. The molecular formula is C28H38N2O2. The highest BCUT2D eigenvalue weighted by atomic mass is 16.2. The molecule has 1 heterocycles. The monoisotopic (exact) mass is 434 g/mol. The van der Waals surface area contributed by atoms with Gasteiger partial charge in [-0.3, -0.25) is 9.59 Å². The molecule has 0 aromatic heterocycles. The van der Waals surface area contributed by atoms with Gasteiger partial charge in [0.1, 0.15) is 0 Å². The molecule has 4 unspecified atom stereocenters. The van der Waals surface area contributed by atoms with Gasteiger partial charge in [0.15, 0.2) is 0 Å². The van der Waals surface area contributed by atoms with Gasteiger partial charge in [-0.15, -0.1) is 0 Å². The van der Waals surface area contributed by atoms with Crippen LogP contribution in [0.5, 0.6) is 0 Å². The van der Waals surface area contributed by atoms with E-state index in [-0.39, 0.29) is 40.1 Å². The van der Waals surface area contributed by atoms with Crippen molar-refractivity contribution in [1.82, 2.24) is 10.6 Å². The Morgan fingerprint density at radius 3 is 2.53 bits per heavy atom. The van der Waals surface area contributed by atoms with Gasteiger partial charge in [0.05, 0.1) is 5.54 Å². The number of fused-ring (bicyclic) bond motifs is 5. The number of amides is 2. The molecule has 3 aliphatic carbocycles. The van der Waals surface area contributed by atoms with Crippen LogP contribution in [0.15, 0.2) is 42.5 Å². The fraction of sp³-hybridized carbons (Fsp3) is 0.643. The van der Waals surface area contributed by atoms with E-state index in [4.69, 9.17) is 0 Å². The van der Waals surface area contributed by atoms with Gasteiger partial charge in [-0.1, -0.05) is 50.3 Å². The Kier molecular flexibility index (Phi) is 5.07. The lowest BCUT2D eigenvalue weighted by Crippen LogP contribution is -2.59. The molecule has 0 saturated heterocycles. The van der Waals surface area contributed by atoms with Gasteiger partial charge in [-0.25, -0.2) is 0 Å². The molecule has 2 amide bonds. The zero-order chi connectivity index (χ0) is 22.7. The minimum Gasteiger partial charge on any atom is -0.349 e. The molecule has 1 aliphatic heterocycles. The third-order valence-corrected chi connectivity index (χ3v) is 9.93. The lowest BCUT2D eigenvalue weighted by molar-refractivity contribution is -0.135. The van der Waals surface area contributed by atoms with Gasteiger partial charge in [0.2, 0.25) is 11.8 Å². The Morgan fingerprint density at radius 1 is 1.03 bits per heavy atom. The summed E-state index contributed by atoms with van der Waals surface area (Å²) in [6.07, 6.45) is 10.6. The highest BCUT2D eigenvalue weighted by molar-refractivity contribution is 5.89. The lowest BCUT2D eigenvalue weighted by Gasteiger charge is -2.58. The van der Waals surface area contributed by atoms with Gasteiger partial charge in [0, 0.05) is 17.4 Å². The predicted molar refractivity (Wildman–Crippen MR) is 127 cm³/mol. The molecule has 5 rings (SSSR count). The summed E-state index contributed by atoms with van der Waals surface area (Å²) in [6.45, 7) is 8.97. The van der Waals surface area contributed by atoms with Crippen LogP contribution in [-0.4, -0.2) is 17.9 Å². The van der Waals surface area contributed by atoms with Gasteiger partial charge >= 0.3 is 0 Å². The fourth-order valence-corrected chi connectivity index (χ4v) is 8.09. The number of hydrogen-bond donors (Lipinski definition) is 2. The van der Waals surface area contributed by atoms with Crippen molar-refractivity contribution in [1.29, 1.82) is 0 Å². The topological polar surface area (TPSA) is 58.2 Å². The first-order valence-electron chi connectivity index (χ1n) is 12.5. The number of benzene rings is 1. The maximum absolute atomic E-state index is 13.6. The lowest BCUT2D eigenvalue weighted by atomic mass is 9.48. The van der Waals surface area contributed by atoms with E-state index in [1.54, 1.807) is 6.08 Å². The molecule has 7 atom stereocenters. The molecule has 4 heteroatoms. The molecule has 2 N–H and O–H groups in total. The van der Waals surface area contributed by atoms with Gasteiger partial charge in [0.25, 0.3) is 0 Å². The van der Waals surface area contributed by atoms with E-state index < -0.39 is 0 Å². The second-order valence-electron chi connectivity index (χ2n) is 11.9. The Labute approximate surface area is 192 Å². The summed E-state index contributed by atoms with van der Waals surface area (Å²) in [7, 11) is 0. The highest BCUT2D eigenvalue weighted by Crippen LogP contribution is 2.65. The second kappa shape index (κ2) is 7.46. The normalized spacial score (nSPS) is 40.6. The van der Waals surface area contributed by atoms with Crippen molar-refractivity contribution in [2.75, 3.05) is 0 Å². The average molecular weight is 435 g/mol. The average Bonchev–Trinajstić information content (AvgIpc) is 3.12. The third-order valence-electron chi connectivity index (χ3n) is 9.93. The quantitative estimate of drug-likeness (QED) is 0.707. The summed E-state index contributed by atoms with van der Waals surface area (Å²) in [6, 6.07) is 10.6. The maximum atomic E-state index is 13.6. The van der Waals surface area contributed by atoms with E-state index in [0.717, 1.165) is 37.7 Å². The highest BCUT2D eigenvalue weighted by Gasteiger charge is 2.61. The van der Waals surface area contributed by atoms with Crippen molar-refractivity contribution in [2.24, 2.45) is 34.5 Å². The minimum absolute atomic E-state index is 0.0494. The van der Waals surface area contributed by atoms with Crippen molar-refractivity contribution in [2.45, 2.75) is 77.8 Å². The van der Waals surface area contributed by atoms with Crippen LogP contribution in [0.2, 0.25) is 0 Å². The summed E-state index contributed by atoms with van der Waals surface area (Å²) in [5.74, 6) is 2.22. The number of hydrogen-bond acceptors (Lipinski definition) is 2. The van der Waals surface area contributed by atoms with Crippen molar-refractivity contribution < 1.29 is 9.59 Å². The Bertz CT molecular complexity index is 938. The summed E-state index contributed by atoms with van der Waals surface area (Å²) < 4.78 is 0. The van der Waals surface area contributed by atoms with Crippen molar-refractivity contribution in [3.8, 4) is 0 Å². The summed E-state index contributed by atoms with van der Waals surface area (Å²) in [5, 5.41) is 6.64. The fourth-order valence-electron chi connectivity index (χ4n) is 8.09. The molecule has 0 bridgehead atoms. The van der Waals surface area contributed by atoms with E-state index in [2.05, 4.69) is 56.5 Å². The molecule has 0 spiro atoms. The number of carbonyl (C=O) groups excluding carboxylic acids is 2. The van der Waals surface area contributed by atoms with Crippen LogP contribution >= 0.6 is 0 Å². The molecule has 3 fully saturated rings. The SMILES string of the molecule is CC(C)(NC(=O)[C@H]1CCC2C3CCC4NC(=O)C=C[C@]4(C)C3CC[C@@]21C)c1ccccc1. The van der Waals surface area contributed by atoms with Crippen LogP contribution in [0.1, 0.15) is 71.8 Å². The molecule has 32 heavy (non-hydrogen) atoms. The molecule has 0 radical (unpaired) electrons. The summed E-state index contributed by atoms with van der Waals surface area (Å²) in [4.78, 5) is 25.6. The smallest absolute Gasteiger partial charge is 0.243 e. The first-order valence-corrected chi connectivity index (χ1v) is 12.5. The molecule has 4 aliphatic rings. The van der Waals surface area contributed by atoms with E-state index in [1.807, 2.05) is 18.2 Å². The first kappa shape index (κ1) is 21.7. The molecule has 1 aromatic rings. The zero-order valence-corrected chi connectivity index (χ0v) is 20.0. The summed E-state index contributed by atoms with van der Waals surface area (Å²) in [5.41, 5.74) is 0.895. The van der Waals surface area contributed by atoms with Crippen molar-refractivity contribution >= 4 is 11.8 Å². The van der Waals surface area contributed by atoms with Crippen LogP contribution in [0, 0.1) is 34.5 Å². The zero-order valence-electron chi connectivity index (χ0n) is 20.0. The largest absolute Gasteiger partial charge is 0.349 e. The second-order valence-corrected chi connectivity index (χ2v) is 11.9. The van der Waals surface area contributed by atoms with E-state index >= 15 is 0 Å². The number of nitrogens with one attached hydrogen (secondary N) is 2. The first-order chi connectivity index (χ1) is 15.1. The van der Waals surface area contributed by atoms with E-state index in [9.17, 15) is 9.59 Å². The molecule has 172 valence electrons. The maximum Gasteiger partial charge on any atom is 0.243 e. The third kappa shape index (κ3) is 3.24. The van der Waals surface area contributed by atoms with Gasteiger partial charge in [-0.05, 0) is 87.2 Å². The molecular weight excluding hydrogens is 396 g/mol. The van der Waals surface area contributed by atoms with Crippen LogP contribution in [0.25, 0.3) is 0 Å². The number of carbonyl (C=O) groups is 2. The van der Waals surface area contributed by atoms with E-state index in [1.165, 1.54) is 6.42 Å². The van der Waals surface area contributed by atoms with Crippen molar-refractivity contribution in [3.05, 3.63) is 48.0 Å². The minimum atomic E-state index is -0.374. The number of rotatable bonds is 3. The standard InChI is InChI=1S/C28H38N2O2/c1-26(2,18-8-6-5-7-9-18)30-25(32)22-12-11-20-19-10-13-23-28(4,17-15-24(31)29-23)21(19)14-16-27(20,22)3/h5-9,15,17,19-23H,10-14,16H2,1-4H3,(H,29,31)(H,30,32)/t19?,20?,21?,22-,23?,27+,28-/m1/s1. The molecule has 3 saturated carbocycles. The van der Waals surface area contributed by atoms with Gasteiger partial charge in [-0.2, -0.15) is 0 Å². The molecule has 1 aromatic carbocycles. The van der Waals surface area contributed by atoms with Crippen LogP contribution < -0.4 is 10.6 Å². The molecule has 4 nitrogen and oxygen atoms in total. The van der Waals surface area contributed by atoms with Crippen LogP contribution in [0.3, 0.4) is 0 Å². The summed E-state index contributed by atoms with van der Waals surface area (Å²) >= 11 is 0. The van der Waals surface area contributed by atoms with Crippen LogP contribution in [-0.2, 0) is 15.1 Å². The Balaban J connectivity index is 1.36. The van der Waals surface area contributed by atoms with Gasteiger partial charge < -0.3 is 10.6 Å². The van der Waals surface area contributed by atoms with Crippen molar-refractivity contribution in [3.63, 3.8) is 0 Å². The van der Waals surface area contributed by atoms with Crippen LogP contribution in [0.4, 0.5) is 0 Å². The predicted octanol–water partition coefficient (Wildman–Crippen LogP) is 4.95. The van der Waals surface area contributed by atoms with E-state index in [0.29, 0.717) is 17.8 Å². The Hall–Kier alpha value is -2.10.